The summed E-state index contributed by atoms with van der Waals surface area (Å²) < 4.78 is 38.2. The molecule has 3 aliphatic rings. The molecule has 7 heteroatoms. The summed E-state index contributed by atoms with van der Waals surface area (Å²) in [6.07, 6.45) is 2.24. The van der Waals surface area contributed by atoms with E-state index in [4.69, 9.17) is 18.9 Å². The van der Waals surface area contributed by atoms with Crippen LogP contribution in [0.3, 0.4) is 0 Å². The first-order chi connectivity index (χ1) is 13.8. The van der Waals surface area contributed by atoms with Gasteiger partial charge in [-0.25, -0.2) is 4.39 Å². The SMILES string of the molecule is CNC(=O)[C@@]1(OCc2cccc(F)c2)C[C@H](OCC2CC2)[C@@H]2OC(C)(C)O[C@@H]2C1. The van der Waals surface area contributed by atoms with Gasteiger partial charge in [0.15, 0.2) is 11.4 Å². The highest BCUT2D eigenvalue weighted by molar-refractivity contribution is 5.85. The fraction of sp³-hybridized carbons (Fsp3) is 0.682. The van der Waals surface area contributed by atoms with Gasteiger partial charge in [-0.2, -0.15) is 0 Å². The Labute approximate surface area is 171 Å². The van der Waals surface area contributed by atoms with Gasteiger partial charge < -0.3 is 24.3 Å². The highest BCUT2D eigenvalue weighted by Gasteiger charge is 2.58. The fourth-order valence-corrected chi connectivity index (χ4v) is 4.33. The van der Waals surface area contributed by atoms with Crippen LogP contribution in [0.1, 0.15) is 45.1 Å². The molecule has 0 aromatic heterocycles. The lowest BCUT2D eigenvalue weighted by Gasteiger charge is -2.43. The van der Waals surface area contributed by atoms with Gasteiger partial charge >= 0.3 is 0 Å². The van der Waals surface area contributed by atoms with E-state index in [9.17, 15) is 9.18 Å². The Kier molecular flexibility index (Phi) is 5.68. The molecule has 3 fully saturated rings. The monoisotopic (exact) mass is 407 g/mol. The molecule has 0 radical (unpaired) electrons. The van der Waals surface area contributed by atoms with Crippen LogP contribution >= 0.6 is 0 Å². The number of halogens is 1. The van der Waals surface area contributed by atoms with Crippen LogP contribution in [-0.2, 0) is 30.3 Å². The van der Waals surface area contributed by atoms with Gasteiger partial charge in [-0.1, -0.05) is 12.1 Å². The summed E-state index contributed by atoms with van der Waals surface area (Å²) in [7, 11) is 1.59. The number of nitrogens with one attached hydrogen (secondary N) is 1. The zero-order chi connectivity index (χ0) is 20.6. The molecule has 0 bridgehead atoms. The number of hydrogen-bond acceptors (Lipinski definition) is 5. The van der Waals surface area contributed by atoms with Crippen molar-refractivity contribution < 1.29 is 28.1 Å². The van der Waals surface area contributed by atoms with Gasteiger partial charge in [0.1, 0.15) is 11.9 Å². The molecule has 1 heterocycles. The van der Waals surface area contributed by atoms with Crippen molar-refractivity contribution in [3.63, 3.8) is 0 Å². The molecule has 4 rings (SSSR count). The molecule has 0 spiro atoms. The van der Waals surface area contributed by atoms with Crippen molar-refractivity contribution in [3.8, 4) is 0 Å². The minimum atomic E-state index is -1.12. The minimum absolute atomic E-state index is 0.127. The molecule has 1 amide bonds. The number of ether oxygens (including phenoxy) is 4. The molecule has 160 valence electrons. The molecule has 4 atom stereocenters. The van der Waals surface area contributed by atoms with Gasteiger partial charge in [0.05, 0.1) is 18.8 Å². The first-order valence-corrected chi connectivity index (χ1v) is 10.4. The summed E-state index contributed by atoms with van der Waals surface area (Å²) >= 11 is 0. The largest absolute Gasteiger partial charge is 0.375 e. The quantitative estimate of drug-likeness (QED) is 0.753. The van der Waals surface area contributed by atoms with Gasteiger partial charge in [-0.05, 0) is 50.3 Å². The zero-order valence-corrected chi connectivity index (χ0v) is 17.3. The van der Waals surface area contributed by atoms with Gasteiger partial charge in [-0.3, -0.25) is 4.79 Å². The number of likely N-dealkylation sites (N-methyl/N-ethyl adjacent to an activating group) is 1. The van der Waals surface area contributed by atoms with Gasteiger partial charge in [0.2, 0.25) is 0 Å². The summed E-state index contributed by atoms with van der Waals surface area (Å²) in [4.78, 5) is 13.0. The van der Waals surface area contributed by atoms with Crippen molar-refractivity contribution in [1.82, 2.24) is 5.32 Å². The first-order valence-electron chi connectivity index (χ1n) is 10.4. The fourth-order valence-electron chi connectivity index (χ4n) is 4.33. The molecule has 2 saturated carbocycles. The number of rotatable bonds is 7. The summed E-state index contributed by atoms with van der Waals surface area (Å²) in [6.45, 7) is 4.53. The highest BCUT2D eigenvalue weighted by Crippen LogP contribution is 2.44. The molecule has 1 saturated heterocycles. The van der Waals surface area contributed by atoms with E-state index in [1.54, 1.807) is 19.2 Å². The first kappa shape index (κ1) is 20.7. The van der Waals surface area contributed by atoms with Crippen molar-refractivity contribution >= 4 is 5.91 Å². The smallest absolute Gasteiger partial charge is 0.252 e. The van der Waals surface area contributed by atoms with Gasteiger partial charge in [0.25, 0.3) is 5.91 Å². The topological polar surface area (TPSA) is 66.0 Å². The standard InChI is InChI=1S/C22H30FNO5/c1-21(2)28-18-11-22(20(25)24-3,27-13-15-5-4-6-16(23)9-15)10-17(19(18)29-21)26-12-14-7-8-14/h4-6,9,14,17-19H,7-8,10-13H2,1-3H3,(H,24,25)/t17-,18+,19-,22+/m0/s1. The lowest BCUT2D eigenvalue weighted by molar-refractivity contribution is -0.182. The van der Waals surface area contributed by atoms with Crippen LogP contribution in [0.4, 0.5) is 4.39 Å². The van der Waals surface area contributed by atoms with Crippen molar-refractivity contribution in [2.75, 3.05) is 13.7 Å². The van der Waals surface area contributed by atoms with E-state index in [0.717, 1.165) is 0 Å². The van der Waals surface area contributed by atoms with Crippen LogP contribution in [0, 0.1) is 11.7 Å². The van der Waals surface area contributed by atoms with Crippen molar-refractivity contribution in [1.29, 1.82) is 0 Å². The molecule has 1 N–H and O–H groups in total. The van der Waals surface area contributed by atoms with E-state index in [0.29, 0.717) is 30.9 Å². The Hall–Kier alpha value is -1.54. The molecule has 6 nitrogen and oxygen atoms in total. The predicted octanol–water partition coefficient (Wildman–Crippen LogP) is 2.94. The molecular formula is C22H30FNO5. The summed E-state index contributed by atoms with van der Waals surface area (Å²) in [5, 5.41) is 2.73. The molecule has 0 unspecified atom stereocenters. The van der Waals surface area contributed by atoms with E-state index in [2.05, 4.69) is 5.32 Å². The van der Waals surface area contributed by atoms with Crippen LogP contribution < -0.4 is 5.32 Å². The number of benzene rings is 1. The van der Waals surface area contributed by atoms with E-state index in [1.165, 1.54) is 25.0 Å². The van der Waals surface area contributed by atoms with Crippen molar-refractivity contribution in [2.24, 2.45) is 5.92 Å². The molecule has 1 aromatic carbocycles. The summed E-state index contributed by atoms with van der Waals surface area (Å²) in [5.41, 5.74) is -0.449. The second-order valence-electron chi connectivity index (χ2n) is 8.85. The van der Waals surface area contributed by atoms with Crippen LogP contribution in [0.25, 0.3) is 0 Å². The molecule has 1 aliphatic heterocycles. The number of amides is 1. The maximum Gasteiger partial charge on any atom is 0.252 e. The molecule has 2 aliphatic carbocycles. The Morgan fingerprint density at radius 2 is 2.07 bits per heavy atom. The van der Waals surface area contributed by atoms with E-state index >= 15 is 0 Å². The molecule has 1 aromatic rings. The van der Waals surface area contributed by atoms with Crippen LogP contribution in [-0.4, -0.2) is 49.3 Å². The average Bonchev–Trinajstić information content (AvgIpc) is 3.45. The van der Waals surface area contributed by atoms with E-state index in [-0.39, 0.29) is 36.6 Å². The Morgan fingerprint density at radius 3 is 2.76 bits per heavy atom. The summed E-state index contributed by atoms with van der Waals surface area (Å²) in [6, 6.07) is 6.22. The molecule has 29 heavy (non-hydrogen) atoms. The van der Waals surface area contributed by atoms with Crippen LogP contribution in [0.2, 0.25) is 0 Å². The van der Waals surface area contributed by atoms with Crippen LogP contribution in [0.15, 0.2) is 24.3 Å². The Bertz CT molecular complexity index is 752. The number of fused-ring (bicyclic) bond motifs is 1. The van der Waals surface area contributed by atoms with Crippen molar-refractivity contribution in [3.05, 3.63) is 35.6 Å². The van der Waals surface area contributed by atoms with E-state index < -0.39 is 11.4 Å². The van der Waals surface area contributed by atoms with Crippen LogP contribution in [0.5, 0.6) is 0 Å². The maximum absolute atomic E-state index is 13.6. The number of carbonyl (C=O) groups excluding carboxylic acids is 1. The third-order valence-electron chi connectivity index (χ3n) is 5.94. The highest BCUT2D eigenvalue weighted by atomic mass is 19.1. The lowest BCUT2D eigenvalue weighted by Crippen LogP contribution is -2.59. The maximum atomic E-state index is 13.6. The lowest BCUT2D eigenvalue weighted by atomic mass is 9.78. The van der Waals surface area contributed by atoms with Gasteiger partial charge in [0, 0.05) is 26.5 Å². The Morgan fingerprint density at radius 1 is 1.28 bits per heavy atom. The number of carbonyl (C=O) groups is 1. The normalized spacial score (nSPS) is 33.3. The number of hydrogen-bond donors (Lipinski definition) is 1. The third-order valence-corrected chi connectivity index (χ3v) is 5.94. The van der Waals surface area contributed by atoms with Gasteiger partial charge in [-0.15, -0.1) is 0 Å². The zero-order valence-electron chi connectivity index (χ0n) is 17.3. The Balaban J connectivity index is 1.56. The second kappa shape index (κ2) is 7.95. The summed E-state index contributed by atoms with van der Waals surface area (Å²) in [5.74, 6) is -0.699. The minimum Gasteiger partial charge on any atom is -0.375 e. The average molecular weight is 407 g/mol. The van der Waals surface area contributed by atoms with Crippen molar-refractivity contribution in [2.45, 2.75) is 75.8 Å². The predicted molar refractivity (Wildman–Crippen MR) is 104 cm³/mol. The van der Waals surface area contributed by atoms with E-state index in [1.807, 2.05) is 13.8 Å². The molecular weight excluding hydrogens is 377 g/mol. The second-order valence-corrected chi connectivity index (χ2v) is 8.85. The third kappa shape index (κ3) is 4.63.